The Kier molecular flexibility index (Phi) is 6.55. The third-order valence-electron chi connectivity index (χ3n) is 4.41. The van der Waals surface area contributed by atoms with Crippen molar-refractivity contribution in [1.82, 2.24) is 10.6 Å². The number of rotatable bonds is 3. The minimum atomic E-state index is -1.26. The first-order chi connectivity index (χ1) is 15.2. The van der Waals surface area contributed by atoms with E-state index in [1.165, 1.54) is 11.0 Å². The molecule has 2 N–H and O–H groups in total. The molecule has 32 heavy (non-hydrogen) atoms. The average molecular weight is 526 g/mol. The van der Waals surface area contributed by atoms with Gasteiger partial charge in [-0.1, -0.05) is 40.9 Å². The number of thiocarbonyl (C=S) groups is 1. The number of hydrogen-bond donors (Lipinski definition) is 2. The van der Waals surface area contributed by atoms with Crippen LogP contribution in [0.3, 0.4) is 0 Å². The van der Waals surface area contributed by atoms with Crippen LogP contribution in [0.25, 0.3) is 0 Å². The van der Waals surface area contributed by atoms with Crippen molar-refractivity contribution in [2.24, 2.45) is 10.9 Å². The molecule has 12 heteroatoms. The van der Waals surface area contributed by atoms with Crippen LogP contribution in [0, 0.1) is 5.92 Å². The standard InChI is InChI=1S/C20H11Cl3N4O3S2/c21-9-4-6-10(7-5-9)27-18(30)11(16(28)26-20(27)31)8-14-17(29)25-19(32-14)24-13-3-1-2-12(22)15(13)23/h1-8,11H,(H,24,25,29)(H,26,28,31)/b14-8-/t11-/m0/s1. The quantitative estimate of drug-likeness (QED) is 0.351. The molecule has 0 radical (unpaired) electrons. The first kappa shape index (κ1) is 22.8. The Bertz CT molecular complexity index is 1230. The molecule has 2 aromatic rings. The smallest absolute Gasteiger partial charge is 0.263 e. The second-order valence-corrected chi connectivity index (χ2v) is 9.14. The summed E-state index contributed by atoms with van der Waals surface area (Å²) in [5.41, 5.74) is 0.808. The van der Waals surface area contributed by atoms with E-state index < -0.39 is 23.6 Å². The van der Waals surface area contributed by atoms with Gasteiger partial charge in [-0.05, 0) is 66.5 Å². The number of amides is 3. The number of amidine groups is 1. The van der Waals surface area contributed by atoms with Crippen LogP contribution in [-0.2, 0) is 14.4 Å². The van der Waals surface area contributed by atoms with Gasteiger partial charge in [-0.15, -0.1) is 0 Å². The summed E-state index contributed by atoms with van der Waals surface area (Å²) < 4.78 is 0. The molecular formula is C20H11Cl3N4O3S2. The van der Waals surface area contributed by atoms with E-state index in [-0.39, 0.29) is 20.2 Å². The monoisotopic (exact) mass is 524 g/mol. The highest BCUT2D eigenvalue weighted by Gasteiger charge is 2.39. The van der Waals surface area contributed by atoms with E-state index in [1.807, 2.05) is 0 Å². The maximum absolute atomic E-state index is 13.1. The van der Waals surface area contributed by atoms with Crippen molar-refractivity contribution in [3.05, 3.63) is 68.5 Å². The lowest BCUT2D eigenvalue weighted by atomic mass is 10.0. The Hall–Kier alpha value is -2.43. The Morgan fingerprint density at radius 1 is 1.03 bits per heavy atom. The fraction of sp³-hybridized carbons (Fsp3) is 0.0500. The molecule has 4 rings (SSSR count). The summed E-state index contributed by atoms with van der Waals surface area (Å²) in [7, 11) is 0. The topological polar surface area (TPSA) is 90.9 Å². The summed E-state index contributed by atoms with van der Waals surface area (Å²) in [6.45, 7) is 0. The van der Waals surface area contributed by atoms with E-state index >= 15 is 0 Å². The third-order valence-corrected chi connectivity index (χ3v) is 6.68. The fourth-order valence-corrected chi connectivity index (χ4v) is 4.51. The molecule has 0 aliphatic carbocycles. The number of carbonyl (C=O) groups is 3. The van der Waals surface area contributed by atoms with Crippen LogP contribution in [0.4, 0.5) is 11.4 Å². The number of aliphatic imine (C=N–C) groups is 1. The number of benzene rings is 2. The molecule has 162 valence electrons. The number of nitrogens with zero attached hydrogens (tertiary/aromatic N) is 2. The number of carbonyl (C=O) groups excluding carboxylic acids is 3. The lowest BCUT2D eigenvalue weighted by Crippen LogP contribution is -2.57. The van der Waals surface area contributed by atoms with E-state index in [2.05, 4.69) is 15.6 Å². The van der Waals surface area contributed by atoms with Crippen LogP contribution in [0.15, 0.2) is 58.4 Å². The molecule has 0 aromatic heterocycles. The minimum Gasteiger partial charge on any atom is -0.301 e. The number of halogens is 3. The van der Waals surface area contributed by atoms with E-state index in [0.717, 1.165) is 11.8 Å². The zero-order chi connectivity index (χ0) is 23.0. The Morgan fingerprint density at radius 2 is 1.75 bits per heavy atom. The van der Waals surface area contributed by atoms with Crippen molar-refractivity contribution in [2.45, 2.75) is 0 Å². The van der Waals surface area contributed by atoms with Crippen molar-refractivity contribution in [1.29, 1.82) is 0 Å². The molecule has 0 saturated carbocycles. The van der Waals surface area contributed by atoms with Gasteiger partial charge < -0.3 is 10.6 Å². The number of hydrogen-bond acceptors (Lipinski definition) is 6. The van der Waals surface area contributed by atoms with Gasteiger partial charge in [0.05, 0.1) is 26.3 Å². The highest BCUT2D eigenvalue weighted by molar-refractivity contribution is 8.18. The van der Waals surface area contributed by atoms with Crippen LogP contribution in [0.5, 0.6) is 0 Å². The van der Waals surface area contributed by atoms with Crippen molar-refractivity contribution in [2.75, 3.05) is 4.90 Å². The molecule has 2 aromatic carbocycles. The molecule has 2 saturated heterocycles. The number of anilines is 1. The van der Waals surface area contributed by atoms with E-state index in [0.29, 0.717) is 21.4 Å². The molecule has 2 aliphatic rings. The summed E-state index contributed by atoms with van der Waals surface area (Å²) in [4.78, 5) is 43.6. The first-order valence-electron chi connectivity index (χ1n) is 8.92. The zero-order valence-corrected chi connectivity index (χ0v) is 19.7. The zero-order valence-electron chi connectivity index (χ0n) is 15.8. The van der Waals surface area contributed by atoms with Gasteiger partial charge in [-0.3, -0.25) is 19.3 Å². The molecule has 7 nitrogen and oxygen atoms in total. The molecule has 2 fully saturated rings. The molecule has 0 spiro atoms. The van der Waals surface area contributed by atoms with Gasteiger partial charge in [0.2, 0.25) is 11.8 Å². The van der Waals surface area contributed by atoms with Crippen molar-refractivity contribution in [3.63, 3.8) is 0 Å². The largest absolute Gasteiger partial charge is 0.301 e. The highest BCUT2D eigenvalue weighted by atomic mass is 35.5. The summed E-state index contributed by atoms with van der Waals surface area (Å²) in [6, 6.07) is 11.3. The summed E-state index contributed by atoms with van der Waals surface area (Å²) in [5.74, 6) is -2.99. The van der Waals surface area contributed by atoms with E-state index in [1.54, 1.807) is 42.5 Å². The molecular weight excluding hydrogens is 515 g/mol. The van der Waals surface area contributed by atoms with Crippen LogP contribution in [0.2, 0.25) is 15.1 Å². The maximum atomic E-state index is 13.1. The van der Waals surface area contributed by atoms with Gasteiger partial charge in [0, 0.05) is 5.02 Å². The fourth-order valence-electron chi connectivity index (χ4n) is 2.91. The highest BCUT2D eigenvalue weighted by Crippen LogP contribution is 2.35. The predicted octanol–water partition coefficient (Wildman–Crippen LogP) is 4.45. The number of nitrogens with one attached hydrogen (secondary N) is 2. The third kappa shape index (κ3) is 4.53. The predicted molar refractivity (Wildman–Crippen MR) is 131 cm³/mol. The average Bonchev–Trinajstić information content (AvgIpc) is 3.09. The molecule has 3 amide bonds. The van der Waals surface area contributed by atoms with Crippen molar-refractivity contribution >= 4 is 98.2 Å². The van der Waals surface area contributed by atoms with Gasteiger partial charge in [0.1, 0.15) is 5.92 Å². The van der Waals surface area contributed by atoms with Gasteiger partial charge in [0.25, 0.3) is 5.91 Å². The van der Waals surface area contributed by atoms with Gasteiger partial charge in [0.15, 0.2) is 10.3 Å². The lowest BCUT2D eigenvalue weighted by molar-refractivity contribution is -0.131. The molecule has 0 bridgehead atoms. The molecule has 2 heterocycles. The summed E-state index contributed by atoms with van der Waals surface area (Å²) >= 11 is 24.2. The molecule has 0 unspecified atom stereocenters. The van der Waals surface area contributed by atoms with Gasteiger partial charge in [-0.25, -0.2) is 4.99 Å². The van der Waals surface area contributed by atoms with Crippen LogP contribution in [0.1, 0.15) is 0 Å². The van der Waals surface area contributed by atoms with Crippen molar-refractivity contribution < 1.29 is 14.4 Å². The second-order valence-electron chi connectivity index (χ2n) is 6.50. The van der Waals surface area contributed by atoms with E-state index in [4.69, 9.17) is 47.0 Å². The SMILES string of the molecule is O=C1NC(=Nc2cccc(Cl)c2Cl)S/C1=C\[C@H]1C(=O)NC(=S)N(c2ccc(Cl)cc2)C1=O. The Labute approximate surface area is 206 Å². The Balaban J connectivity index is 1.61. The first-order valence-corrected chi connectivity index (χ1v) is 11.3. The van der Waals surface area contributed by atoms with Gasteiger partial charge in [-0.2, -0.15) is 0 Å². The normalized spacial score (nSPS) is 21.3. The van der Waals surface area contributed by atoms with Crippen LogP contribution >= 0.6 is 58.8 Å². The second kappa shape index (κ2) is 9.21. The summed E-state index contributed by atoms with van der Waals surface area (Å²) in [5, 5.41) is 6.30. The molecule has 1 atom stereocenters. The lowest BCUT2D eigenvalue weighted by Gasteiger charge is -2.31. The van der Waals surface area contributed by atoms with Crippen LogP contribution in [-0.4, -0.2) is 28.0 Å². The number of thioether (sulfide) groups is 1. The Morgan fingerprint density at radius 3 is 2.47 bits per heavy atom. The molecule has 2 aliphatic heterocycles. The van der Waals surface area contributed by atoms with Crippen LogP contribution < -0.4 is 15.5 Å². The van der Waals surface area contributed by atoms with E-state index in [9.17, 15) is 14.4 Å². The van der Waals surface area contributed by atoms with Gasteiger partial charge >= 0.3 is 0 Å². The maximum Gasteiger partial charge on any atom is 0.263 e. The summed E-state index contributed by atoms with van der Waals surface area (Å²) in [6.07, 6.45) is 1.28. The minimum absolute atomic E-state index is 0.0571. The van der Waals surface area contributed by atoms with Crippen molar-refractivity contribution in [3.8, 4) is 0 Å².